The molecule has 1 aromatic heterocycles. The second-order valence-electron chi connectivity index (χ2n) is 7.80. The summed E-state index contributed by atoms with van der Waals surface area (Å²) in [4.78, 5) is 52.1. The number of aromatic amines is 1. The van der Waals surface area contributed by atoms with Crippen molar-refractivity contribution in [3.8, 4) is 0 Å². The summed E-state index contributed by atoms with van der Waals surface area (Å²) in [6.45, 7) is 5.17. The number of hydrogen-bond acceptors (Lipinski definition) is 5. The average molecular weight is 470 g/mol. The van der Waals surface area contributed by atoms with Gasteiger partial charge in [-0.15, -0.1) is 11.8 Å². The van der Waals surface area contributed by atoms with Crippen molar-refractivity contribution < 1.29 is 14.7 Å². The number of carboxylic acids is 1. The van der Waals surface area contributed by atoms with Crippen molar-refractivity contribution in [1.29, 1.82) is 0 Å². The summed E-state index contributed by atoms with van der Waals surface area (Å²) in [5, 5.41) is 11.9. The standard InChI is InChI=1S/C18H20BrN3O5S/c1-18(2,3)14(17(26)27)21-12(23)6-9-7-28-11-5-8(19)4-10-13(11)22(9)16(25)15(24)20-10/h4-5,9,14H,6-7H2,1-3H3,(H,20,24)(H,21,23)(H,26,27). The highest BCUT2D eigenvalue weighted by Crippen LogP contribution is 2.37. The van der Waals surface area contributed by atoms with E-state index in [1.807, 2.05) is 6.07 Å². The van der Waals surface area contributed by atoms with E-state index < -0.39 is 40.5 Å². The summed E-state index contributed by atoms with van der Waals surface area (Å²) in [7, 11) is 0. The van der Waals surface area contributed by atoms with Crippen LogP contribution in [0.3, 0.4) is 0 Å². The number of carboxylic acid groups (broad SMARTS) is 1. The molecular formula is C18H20BrN3O5S. The first-order valence-electron chi connectivity index (χ1n) is 8.62. The zero-order chi connectivity index (χ0) is 20.8. The molecule has 2 unspecified atom stereocenters. The van der Waals surface area contributed by atoms with Crippen LogP contribution in [-0.2, 0) is 9.59 Å². The number of carbonyl (C=O) groups is 2. The summed E-state index contributed by atoms with van der Waals surface area (Å²) in [5.41, 5.74) is -1.07. The molecule has 0 radical (unpaired) electrons. The number of hydrogen-bond donors (Lipinski definition) is 3. The van der Waals surface area contributed by atoms with E-state index in [4.69, 9.17) is 0 Å². The van der Waals surface area contributed by atoms with Gasteiger partial charge in [0.05, 0.1) is 17.1 Å². The molecular weight excluding hydrogens is 450 g/mol. The summed E-state index contributed by atoms with van der Waals surface area (Å²) < 4.78 is 2.13. The maximum atomic E-state index is 12.6. The van der Waals surface area contributed by atoms with Crippen molar-refractivity contribution in [2.45, 2.75) is 44.2 Å². The second-order valence-corrected chi connectivity index (χ2v) is 9.78. The van der Waals surface area contributed by atoms with Crippen LogP contribution in [0.5, 0.6) is 0 Å². The monoisotopic (exact) mass is 469 g/mol. The first kappa shape index (κ1) is 20.7. The quantitative estimate of drug-likeness (QED) is 0.589. The Balaban J connectivity index is 1.97. The Hall–Kier alpha value is -2.07. The minimum absolute atomic E-state index is 0.0964. The lowest BCUT2D eigenvalue weighted by atomic mass is 9.86. The molecule has 0 fully saturated rings. The lowest BCUT2D eigenvalue weighted by molar-refractivity contribution is -0.145. The Morgan fingerprint density at radius 1 is 1.39 bits per heavy atom. The van der Waals surface area contributed by atoms with E-state index in [0.717, 1.165) is 9.37 Å². The Kier molecular flexibility index (Phi) is 5.46. The van der Waals surface area contributed by atoms with Crippen LogP contribution in [0.1, 0.15) is 33.2 Å². The second kappa shape index (κ2) is 7.40. The zero-order valence-corrected chi connectivity index (χ0v) is 17.9. The summed E-state index contributed by atoms with van der Waals surface area (Å²) in [6.07, 6.45) is -0.0964. The molecule has 2 aromatic rings. The minimum atomic E-state index is -1.12. The van der Waals surface area contributed by atoms with Gasteiger partial charge in [0.25, 0.3) is 0 Å². The lowest BCUT2D eigenvalue weighted by Gasteiger charge is -2.30. The Morgan fingerprint density at radius 2 is 2.07 bits per heavy atom. The van der Waals surface area contributed by atoms with Crippen LogP contribution in [0, 0.1) is 5.41 Å². The van der Waals surface area contributed by atoms with Gasteiger partial charge in [-0.1, -0.05) is 36.7 Å². The molecule has 1 amide bonds. The highest BCUT2D eigenvalue weighted by Gasteiger charge is 2.34. The van der Waals surface area contributed by atoms with Gasteiger partial charge in [0.1, 0.15) is 6.04 Å². The number of carbonyl (C=O) groups excluding carboxylic acids is 1. The van der Waals surface area contributed by atoms with Gasteiger partial charge >= 0.3 is 17.1 Å². The molecule has 2 heterocycles. The predicted molar refractivity (Wildman–Crippen MR) is 110 cm³/mol. The smallest absolute Gasteiger partial charge is 0.326 e. The number of nitrogens with zero attached hydrogens (tertiary/aromatic N) is 1. The van der Waals surface area contributed by atoms with Crippen LogP contribution in [0.4, 0.5) is 0 Å². The first-order chi connectivity index (χ1) is 13.0. The van der Waals surface area contributed by atoms with Crippen molar-refractivity contribution >= 4 is 50.6 Å². The van der Waals surface area contributed by atoms with Crippen LogP contribution in [0.15, 0.2) is 31.1 Å². The maximum Gasteiger partial charge on any atom is 0.326 e. The zero-order valence-electron chi connectivity index (χ0n) is 15.5. The van der Waals surface area contributed by atoms with Gasteiger partial charge in [-0.2, -0.15) is 0 Å². The maximum absolute atomic E-state index is 12.6. The van der Waals surface area contributed by atoms with Gasteiger partial charge in [-0.25, -0.2) is 4.79 Å². The van der Waals surface area contributed by atoms with Gasteiger partial charge in [0, 0.05) is 21.5 Å². The van der Waals surface area contributed by atoms with Crippen molar-refractivity contribution in [2.24, 2.45) is 5.41 Å². The fourth-order valence-corrected chi connectivity index (χ4v) is 5.06. The molecule has 150 valence electrons. The summed E-state index contributed by atoms with van der Waals surface area (Å²) >= 11 is 4.87. The predicted octanol–water partition coefficient (Wildman–Crippen LogP) is 2.10. The Labute approximate surface area is 172 Å². The number of halogens is 1. The SMILES string of the molecule is CC(C)(C)C(NC(=O)CC1CSc2cc(Br)cc3[nH]c(=O)c(=O)n1c23)C(=O)O. The molecule has 1 aliphatic heterocycles. The molecule has 1 aliphatic rings. The van der Waals surface area contributed by atoms with Gasteiger partial charge in [0.15, 0.2) is 0 Å². The van der Waals surface area contributed by atoms with Crippen molar-refractivity contribution in [3.63, 3.8) is 0 Å². The van der Waals surface area contributed by atoms with E-state index in [0.29, 0.717) is 16.8 Å². The highest BCUT2D eigenvalue weighted by atomic mass is 79.9. The van der Waals surface area contributed by atoms with Crippen molar-refractivity contribution in [1.82, 2.24) is 14.9 Å². The molecule has 3 rings (SSSR count). The molecule has 2 atom stereocenters. The first-order valence-corrected chi connectivity index (χ1v) is 10.4. The molecule has 1 aromatic carbocycles. The molecule has 0 saturated heterocycles. The molecule has 0 bridgehead atoms. The molecule has 28 heavy (non-hydrogen) atoms. The van der Waals surface area contributed by atoms with E-state index in [9.17, 15) is 24.3 Å². The number of aromatic nitrogens is 2. The van der Waals surface area contributed by atoms with Crippen LogP contribution in [0.25, 0.3) is 11.0 Å². The van der Waals surface area contributed by atoms with Crippen LogP contribution < -0.4 is 16.4 Å². The molecule has 0 saturated carbocycles. The number of H-pyrrole nitrogens is 1. The van der Waals surface area contributed by atoms with E-state index in [-0.39, 0.29) is 6.42 Å². The minimum Gasteiger partial charge on any atom is -0.480 e. The van der Waals surface area contributed by atoms with Crippen molar-refractivity contribution in [2.75, 3.05) is 5.75 Å². The number of rotatable bonds is 4. The van der Waals surface area contributed by atoms with E-state index in [1.54, 1.807) is 26.8 Å². The Morgan fingerprint density at radius 3 is 2.68 bits per heavy atom. The lowest BCUT2D eigenvalue weighted by Crippen LogP contribution is -2.50. The topological polar surface area (TPSA) is 121 Å². The third kappa shape index (κ3) is 3.88. The summed E-state index contributed by atoms with van der Waals surface area (Å²) in [6, 6.07) is 1.96. The van der Waals surface area contributed by atoms with E-state index in [2.05, 4.69) is 26.2 Å². The van der Waals surface area contributed by atoms with E-state index in [1.165, 1.54) is 16.3 Å². The fraction of sp³-hybridized carbons (Fsp3) is 0.444. The number of nitrogens with one attached hydrogen (secondary N) is 2. The van der Waals surface area contributed by atoms with Gasteiger partial charge in [-0.3, -0.25) is 19.0 Å². The average Bonchev–Trinajstić information content (AvgIpc) is 2.56. The van der Waals surface area contributed by atoms with Crippen LogP contribution in [-0.4, -0.2) is 38.3 Å². The number of amides is 1. The molecule has 8 nitrogen and oxygen atoms in total. The number of thioether (sulfide) groups is 1. The summed E-state index contributed by atoms with van der Waals surface area (Å²) in [5.74, 6) is -1.18. The highest BCUT2D eigenvalue weighted by molar-refractivity contribution is 9.10. The van der Waals surface area contributed by atoms with Crippen LogP contribution >= 0.6 is 27.7 Å². The van der Waals surface area contributed by atoms with Crippen LogP contribution in [0.2, 0.25) is 0 Å². The van der Waals surface area contributed by atoms with E-state index >= 15 is 0 Å². The third-order valence-electron chi connectivity index (χ3n) is 4.58. The Bertz CT molecular complexity index is 1090. The fourth-order valence-electron chi connectivity index (χ4n) is 3.26. The van der Waals surface area contributed by atoms with Gasteiger partial charge < -0.3 is 15.4 Å². The van der Waals surface area contributed by atoms with Crippen molar-refractivity contribution in [3.05, 3.63) is 37.3 Å². The molecule has 3 N–H and O–H groups in total. The molecule has 0 aliphatic carbocycles. The largest absolute Gasteiger partial charge is 0.480 e. The normalized spacial score (nSPS) is 17.4. The van der Waals surface area contributed by atoms with Gasteiger partial charge in [0.2, 0.25) is 5.91 Å². The molecule has 0 spiro atoms. The van der Waals surface area contributed by atoms with Gasteiger partial charge in [-0.05, 0) is 17.5 Å². The molecule has 10 heteroatoms. The number of benzene rings is 1. The number of aliphatic carboxylic acids is 1. The third-order valence-corrected chi connectivity index (χ3v) is 6.21.